The molecule has 0 radical (unpaired) electrons. The van der Waals surface area contributed by atoms with Gasteiger partial charge in [0.05, 0.1) is 6.61 Å². The maximum atomic E-state index is 6.10. The van der Waals surface area contributed by atoms with Gasteiger partial charge in [0.25, 0.3) is 0 Å². The summed E-state index contributed by atoms with van der Waals surface area (Å²) in [5.74, 6) is 1.01. The molecule has 0 unspecified atom stereocenters. The Bertz CT molecular complexity index is 361. The van der Waals surface area contributed by atoms with Gasteiger partial charge in [-0.1, -0.05) is 48.7 Å². The molecule has 0 atom stereocenters. The first-order chi connectivity index (χ1) is 9.05. The Balaban J connectivity index is 2.74. The van der Waals surface area contributed by atoms with Gasteiger partial charge in [0.2, 0.25) is 0 Å². The molecule has 2 heteroatoms. The minimum Gasteiger partial charge on any atom is -0.493 e. The Morgan fingerprint density at radius 3 is 1.95 bits per heavy atom. The molecule has 0 aliphatic rings. The van der Waals surface area contributed by atoms with Crippen molar-refractivity contribution in [2.45, 2.75) is 53.4 Å². The summed E-state index contributed by atoms with van der Waals surface area (Å²) in [5, 5.41) is 1.02. The lowest BCUT2D eigenvalue weighted by Gasteiger charge is -2.31. The van der Waals surface area contributed by atoms with Gasteiger partial charge >= 0.3 is 0 Å². The van der Waals surface area contributed by atoms with Crippen LogP contribution >= 0.6 is 15.9 Å². The molecule has 1 aromatic rings. The average molecular weight is 327 g/mol. The smallest absolute Gasteiger partial charge is 0.119 e. The lowest BCUT2D eigenvalue weighted by atomic mass is 9.82. The van der Waals surface area contributed by atoms with E-state index in [4.69, 9.17) is 4.74 Å². The van der Waals surface area contributed by atoms with Gasteiger partial charge in [-0.25, -0.2) is 0 Å². The standard InChI is InChI=1S/C17H27BrO/c1-5-7-17(12-18,8-6-2)13-19-16-10-14(3)9-15(4)11-16/h9-11H,5-8,12-13H2,1-4H3. The van der Waals surface area contributed by atoms with Crippen LogP contribution in [0.25, 0.3) is 0 Å². The number of hydrogen-bond donors (Lipinski definition) is 0. The molecule has 0 aliphatic carbocycles. The molecule has 1 aromatic carbocycles. The van der Waals surface area contributed by atoms with E-state index in [9.17, 15) is 0 Å². The second-order valence-corrected chi connectivity index (χ2v) is 6.31. The fourth-order valence-electron chi connectivity index (χ4n) is 2.75. The minimum atomic E-state index is 0.279. The number of aryl methyl sites for hydroxylation is 2. The first kappa shape index (κ1) is 16.6. The molecular formula is C17H27BrO. The zero-order valence-corrected chi connectivity index (χ0v) is 14.3. The minimum absolute atomic E-state index is 0.279. The quantitative estimate of drug-likeness (QED) is 0.560. The summed E-state index contributed by atoms with van der Waals surface area (Å²) in [6.45, 7) is 9.56. The number of hydrogen-bond acceptors (Lipinski definition) is 1. The van der Waals surface area contributed by atoms with E-state index in [1.807, 2.05) is 0 Å². The van der Waals surface area contributed by atoms with Crippen LogP contribution in [0.4, 0.5) is 0 Å². The third-order valence-electron chi connectivity index (χ3n) is 3.58. The molecule has 0 spiro atoms. The van der Waals surface area contributed by atoms with Crippen LogP contribution in [0.15, 0.2) is 18.2 Å². The van der Waals surface area contributed by atoms with Crippen LogP contribution in [0.5, 0.6) is 5.75 Å². The van der Waals surface area contributed by atoms with Crippen molar-refractivity contribution in [3.63, 3.8) is 0 Å². The molecule has 0 bridgehead atoms. The van der Waals surface area contributed by atoms with Gasteiger partial charge in [-0.05, 0) is 49.9 Å². The van der Waals surface area contributed by atoms with Crippen molar-refractivity contribution in [3.05, 3.63) is 29.3 Å². The number of ether oxygens (including phenoxy) is 1. The monoisotopic (exact) mass is 326 g/mol. The van der Waals surface area contributed by atoms with Gasteiger partial charge in [-0.3, -0.25) is 0 Å². The van der Waals surface area contributed by atoms with Crippen molar-refractivity contribution in [3.8, 4) is 5.75 Å². The van der Waals surface area contributed by atoms with Crippen molar-refractivity contribution in [2.24, 2.45) is 5.41 Å². The Kier molecular flexibility index (Phi) is 6.92. The van der Waals surface area contributed by atoms with Crippen LogP contribution in [-0.2, 0) is 0 Å². The maximum Gasteiger partial charge on any atom is 0.119 e. The van der Waals surface area contributed by atoms with Gasteiger partial charge in [-0.15, -0.1) is 0 Å². The molecule has 0 N–H and O–H groups in total. The van der Waals surface area contributed by atoms with E-state index in [2.05, 4.69) is 61.8 Å². The normalized spacial score (nSPS) is 11.6. The lowest BCUT2D eigenvalue weighted by molar-refractivity contribution is 0.144. The van der Waals surface area contributed by atoms with Crippen LogP contribution in [0.1, 0.15) is 50.7 Å². The predicted octanol–water partition coefficient (Wildman–Crippen LogP) is 5.66. The van der Waals surface area contributed by atoms with Gasteiger partial charge in [-0.2, -0.15) is 0 Å². The highest BCUT2D eigenvalue weighted by molar-refractivity contribution is 9.09. The second-order valence-electron chi connectivity index (χ2n) is 5.75. The highest BCUT2D eigenvalue weighted by Crippen LogP contribution is 2.33. The summed E-state index contributed by atoms with van der Waals surface area (Å²) in [6.07, 6.45) is 4.86. The number of rotatable bonds is 8. The Morgan fingerprint density at radius 1 is 1.00 bits per heavy atom. The average Bonchev–Trinajstić information content (AvgIpc) is 2.35. The first-order valence-electron chi connectivity index (χ1n) is 7.32. The molecular weight excluding hydrogens is 300 g/mol. The van der Waals surface area contributed by atoms with E-state index in [1.54, 1.807) is 0 Å². The highest BCUT2D eigenvalue weighted by Gasteiger charge is 2.28. The molecule has 0 heterocycles. The van der Waals surface area contributed by atoms with Crippen LogP contribution in [0.3, 0.4) is 0 Å². The van der Waals surface area contributed by atoms with Crippen molar-refractivity contribution in [1.82, 2.24) is 0 Å². The van der Waals surface area contributed by atoms with E-state index in [-0.39, 0.29) is 5.41 Å². The Labute approximate surface area is 126 Å². The SMILES string of the molecule is CCCC(CBr)(CCC)COc1cc(C)cc(C)c1. The molecule has 0 amide bonds. The molecule has 19 heavy (non-hydrogen) atoms. The zero-order valence-electron chi connectivity index (χ0n) is 12.8. The van der Waals surface area contributed by atoms with Gasteiger partial charge in [0.15, 0.2) is 0 Å². The third kappa shape index (κ3) is 5.18. The summed E-state index contributed by atoms with van der Waals surface area (Å²) in [4.78, 5) is 0. The summed E-state index contributed by atoms with van der Waals surface area (Å²) in [7, 11) is 0. The van der Waals surface area contributed by atoms with E-state index in [1.165, 1.54) is 36.8 Å². The van der Waals surface area contributed by atoms with Crippen LogP contribution < -0.4 is 4.74 Å². The molecule has 0 aromatic heterocycles. The molecule has 1 rings (SSSR count). The second kappa shape index (κ2) is 7.94. The van der Waals surface area contributed by atoms with Crippen molar-refractivity contribution in [2.75, 3.05) is 11.9 Å². The molecule has 0 saturated carbocycles. The lowest BCUT2D eigenvalue weighted by Crippen LogP contribution is -2.30. The summed E-state index contributed by atoms with van der Waals surface area (Å²) in [5.41, 5.74) is 2.82. The van der Waals surface area contributed by atoms with Gasteiger partial charge < -0.3 is 4.74 Å². The maximum absolute atomic E-state index is 6.10. The van der Waals surface area contributed by atoms with Crippen molar-refractivity contribution < 1.29 is 4.74 Å². The van der Waals surface area contributed by atoms with Crippen LogP contribution in [0, 0.1) is 19.3 Å². The van der Waals surface area contributed by atoms with Gasteiger partial charge in [0, 0.05) is 10.7 Å². The first-order valence-corrected chi connectivity index (χ1v) is 8.44. The van der Waals surface area contributed by atoms with Crippen molar-refractivity contribution >= 4 is 15.9 Å². The fraction of sp³-hybridized carbons (Fsp3) is 0.647. The number of halogens is 1. The van der Waals surface area contributed by atoms with E-state index in [0.29, 0.717) is 0 Å². The highest BCUT2D eigenvalue weighted by atomic mass is 79.9. The summed E-state index contributed by atoms with van der Waals surface area (Å²) in [6, 6.07) is 6.44. The van der Waals surface area contributed by atoms with E-state index >= 15 is 0 Å². The summed E-state index contributed by atoms with van der Waals surface area (Å²) < 4.78 is 6.10. The third-order valence-corrected chi connectivity index (χ3v) is 4.77. The zero-order chi connectivity index (χ0) is 14.3. The summed E-state index contributed by atoms with van der Waals surface area (Å²) >= 11 is 3.70. The molecule has 108 valence electrons. The molecule has 1 nitrogen and oxygen atoms in total. The van der Waals surface area contributed by atoms with Crippen molar-refractivity contribution in [1.29, 1.82) is 0 Å². The Hall–Kier alpha value is -0.500. The fourth-order valence-corrected chi connectivity index (χ4v) is 3.48. The number of alkyl halides is 1. The largest absolute Gasteiger partial charge is 0.493 e. The molecule has 0 fully saturated rings. The van der Waals surface area contributed by atoms with Crippen LogP contribution in [0.2, 0.25) is 0 Å². The number of benzene rings is 1. The van der Waals surface area contributed by atoms with Crippen LogP contribution in [-0.4, -0.2) is 11.9 Å². The topological polar surface area (TPSA) is 9.23 Å². The molecule has 0 aliphatic heterocycles. The Morgan fingerprint density at radius 2 is 1.53 bits per heavy atom. The van der Waals surface area contributed by atoms with E-state index in [0.717, 1.165) is 17.7 Å². The van der Waals surface area contributed by atoms with Gasteiger partial charge in [0.1, 0.15) is 5.75 Å². The van der Waals surface area contributed by atoms with E-state index < -0.39 is 0 Å². The molecule has 0 saturated heterocycles. The predicted molar refractivity (Wildman–Crippen MR) is 87.5 cm³/mol.